The number of aliphatic hydroxyl groups is 1. The molecule has 1 aliphatic heterocycles. The van der Waals surface area contributed by atoms with Crippen molar-refractivity contribution >= 4 is 5.91 Å². The second kappa shape index (κ2) is 6.62. The summed E-state index contributed by atoms with van der Waals surface area (Å²) in [6, 6.07) is 8.46. The van der Waals surface area contributed by atoms with Crippen LogP contribution in [0.25, 0.3) is 0 Å². The molecule has 0 aromatic heterocycles. The van der Waals surface area contributed by atoms with Crippen molar-refractivity contribution in [3.63, 3.8) is 0 Å². The zero-order valence-electron chi connectivity index (χ0n) is 14.3. The molecule has 1 N–H and O–H groups in total. The number of amides is 1. The van der Waals surface area contributed by atoms with Crippen molar-refractivity contribution in [2.75, 3.05) is 32.7 Å². The van der Waals surface area contributed by atoms with Crippen molar-refractivity contribution < 1.29 is 9.90 Å². The molecule has 1 saturated heterocycles. The van der Waals surface area contributed by atoms with Gasteiger partial charge in [-0.2, -0.15) is 0 Å². The summed E-state index contributed by atoms with van der Waals surface area (Å²) in [5.74, 6) is 0.311. The van der Waals surface area contributed by atoms with Crippen LogP contribution in [0, 0.1) is 6.92 Å². The van der Waals surface area contributed by atoms with Gasteiger partial charge < -0.3 is 10.0 Å². The fourth-order valence-corrected chi connectivity index (χ4v) is 3.91. The highest BCUT2D eigenvalue weighted by molar-refractivity contribution is 5.89. The molecule has 0 bridgehead atoms. The van der Waals surface area contributed by atoms with Crippen molar-refractivity contribution in [1.82, 2.24) is 9.80 Å². The van der Waals surface area contributed by atoms with Crippen LogP contribution in [0.4, 0.5) is 0 Å². The van der Waals surface area contributed by atoms with Crippen molar-refractivity contribution in [2.24, 2.45) is 0 Å². The summed E-state index contributed by atoms with van der Waals surface area (Å²) in [6.45, 7) is 7.89. The van der Waals surface area contributed by atoms with Gasteiger partial charge >= 0.3 is 0 Å². The van der Waals surface area contributed by atoms with Crippen LogP contribution in [0.15, 0.2) is 24.3 Å². The van der Waals surface area contributed by atoms with Gasteiger partial charge in [-0.15, -0.1) is 0 Å². The number of aliphatic hydroxyl groups excluding tert-OH is 1. The highest BCUT2D eigenvalue weighted by Gasteiger charge is 2.47. The van der Waals surface area contributed by atoms with Gasteiger partial charge in [0.2, 0.25) is 5.91 Å². The first-order valence-electron chi connectivity index (χ1n) is 8.78. The average Bonchev–Trinajstić information content (AvgIpc) is 2.46. The van der Waals surface area contributed by atoms with E-state index >= 15 is 0 Å². The van der Waals surface area contributed by atoms with Crippen LogP contribution in [0.3, 0.4) is 0 Å². The lowest BCUT2D eigenvalue weighted by Gasteiger charge is -2.46. The second-order valence-electron chi connectivity index (χ2n) is 7.25. The first-order chi connectivity index (χ1) is 11.0. The van der Waals surface area contributed by atoms with Crippen LogP contribution in [0.1, 0.15) is 37.3 Å². The molecule has 1 saturated carbocycles. The van der Waals surface area contributed by atoms with Gasteiger partial charge in [0.15, 0.2) is 0 Å². The molecule has 0 spiro atoms. The Labute approximate surface area is 139 Å². The molecule has 23 heavy (non-hydrogen) atoms. The quantitative estimate of drug-likeness (QED) is 0.923. The van der Waals surface area contributed by atoms with E-state index < -0.39 is 0 Å². The van der Waals surface area contributed by atoms with E-state index in [0.717, 1.165) is 45.4 Å². The Balaban J connectivity index is 1.70. The van der Waals surface area contributed by atoms with Crippen molar-refractivity contribution in [2.45, 2.75) is 44.6 Å². The molecular formula is C19H28N2O2. The van der Waals surface area contributed by atoms with Gasteiger partial charge in [-0.25, -0.2) is 0 Å². The van der Waals surface area contributed by atoms with Crippen molar-refractivity contribution in [1.29, 1.82) is 0 Å². The first-order valence-corrected chi connectivity index (χ1v) is 8.78. The number of nitrogens with zero attached hydrogens (tertiary/aromatic N) is 2. The number of β-amino-alcohol motifs (C(OH)–C–C–N with tert-alkyl or cyclic N) is 1. The number of carbonyl (C=O) groups excluding carboxylic acids is 1. The van der Waals surface area contributed by atoms with E-state index in [1.807, 2.05) is 11.8 Å². The smallest absolute Gasteiger partial charge is 0.233 e. The summed E-state index contributed by atoms with van der Waals surface area (Å²) >= 11 is 0. The van der Waals surface area contributed by atoms with Gasteiger partial charge in [0.25, 0.3) is 0 Å². The Bertz CT molecular complexity index is 558. The van der Waals surface area contributed by atoms with E-state index in [9.17, 15) is 9.90 Å². The largest absolute Gasteiger partial charge is 0.392 e. The molecule has 1 amide bonds. The third-order valence-electron chi connectivity index (χ3n) is 5.37. The van der Waals surface area contributed by atoms with Crippen LogP contribution in [0.2, 0.25) is 0 Å². The van der Waals surface area contributed by atoms with Crippen LogP contribution in [-0.4, -0.2) is 59.6 Å². The highest BCUT2D eigenvalue weighted by Crippen LogP contribution is 2.45. The SMILES string of the molecule is Cc1cccc(C2(C(=O)N3CCN(C[C@@H](C)O)CC3)CCC2)c1. The topological polar surface area (TPSA) is 43.8 Å². The second-order valence-corrected chi connectivity index (χ2v) is 7.25. The molecule has 1 aliphatic carbocycles. The van der Waals surface area contributed by atoms with Gasteiger partial charge in [0.1, 0.15) is 0 Å². The minimum absolute atomic E-state index is 0.279. The number of hydrogen-bond acceptors (Lipinski definition) is 3. The third-order valence-corrected chi connectivity index (χ3v) is 5.37. The molecule has 4 nitrogen and oxygen atoms in total. The van der Waals surface area contributed by atoms with E-state index in [1.54, 1.807) is 0 Å². The molecule has 3 rings (SSSR count). The third kappa shape index (κ3) is 3.29. The lowest BCUT2D eigenvalue weighted by Crippen LogP contribution is -2.57. The first kappa shape index (κ1) is 16.5. The van der Waals surface area contributed by atoms with Gasteiger partial charge in [-0.3, -0.25) is 9.69 Å². The molecule has 2 fully saturated rings. The summed E-state index contributed by atoms with van der Waals surface area (Å²) in [6.07, 6.45) is 2.79. The molecule has 1 atom stereocenters. The fraction of sp³-hybridized carbons (Fsp3) is 0.632. The van der Waals surface area contributed by atoms with Crippen molar-refractivity contribution in [3.8, 4) is 0 Å². The zero-order chi connectivity index (χ0) is 16.4. The Hall–Kier alpha value is -1.39. The number of benzene rings is 1. The predicted octanol–water partition coefficient (Wildman–Crippen LogP) is 1.94. The Kier molecular flexibility index (Phi) is 4.74. The van der Waals surface area contributed by atoms with Crippen LogP contribution < -0.4 is 0 Å². The van der Waals surface area contributed by atoms with E-state index in [2.05, 4.69) is 36.1 Å². The number of hydrogen-bond donors (Lipinski definition) is 1. The summed E-state index contributed by atoms with van der Waals surface area (Å²) in [5.41, 5.74) is 2.14. The van der Waals surface area contributed by atoms with Gasteiger partial charge in [0, 0.05) is 32.7 Å². The molecule has 4 heteroatoms. The maximum absolute atomic E-state index is 13.2. The molecular weight excluding hydrogens is 288 g/mol. The molecule has 0 unspecified atom stereocenters. The molecule has 1 heterocycles. The van der Waals surface area contributed by atoms with E-state index in [0.29, 0.717) is 12.5 Å². The maximum Gasteiger partial charge on any atom is 0.233 e. The minimum Gasteiger partial charge on any atom is -0.392 e. The summed E-state index contributed by atoms with van der Waals surface area (Å²) in [4.78, 5) is 17.5. The lowest BCUT2D eigenvalue weighted by atomic mass is 9.63. The maximum atomic E-state index is 13.2. The summed E-state index contributed by atoms with van der Waals surface area (Å²) in [5, 5.41) is 9.51. The monoisotopic (exact) mass is 316 g/mol. The standard InChI is InChI=1S/C19H28N2O2/c1-15-5-3-6-17(13-15)19(7-4-8-19)18(23)21-11-9-20(10-12-21)14-16(2)22/h3,5-6,13,16,22H,4,7-12,14H2,1-2H3/t16-/m1/s1. The molecule has 126 valence electrons. The molecule has 1 aromatic rings. The van der Waals surface area contributed by atoms with E-state index in [-0.39, 0.29) is 11.5 Å². The van der Waals surface area contributed by atoms with Gasteiger partial charge in [0.05, 0.1) is 11.5 Å². The van der Waals surface area contributed by atoms with Gasteiger partial charge in [-0.1, -0.05) is 36.2 Å². The van der Waals surface area contributed by atoms with Crippen LogP contribution >= 0.6 is 0 Å². The summed E-state index contributed by atoms with van der Waals surface area (Å²) < 4.78 is 0. The van der Waals surface area contributed by atoms with Crippen LogP contribution in [0.5, 0.6) is 0 Å². The molecule has 0 radical (unpaired) electrons. The van der Waals surface area contributed by atoms with E-state index in [1.165, 1.54) is 11.1 Å². The van der Waals surface area contributed by atoms with Crippen molar-refractivity contribution in [3.05, 3.63) is 35.4 Å². The van der Waals surface area contributed by atoms with Crippen LogP contribution in [-0.2, 0) is 10.2 Å². The Morgan fingerprint density at radius 3 is 2.48 bits per heavy atom. The minimum atomic E-state index is -0.303. The average molecular weight is 316 g/mol. The summed E-state index contributed by atoms with van der Waals surface area (Å²) in [7, 11) is 0. The predicted molar refractivity (Wildman–Crippen MR) is 91.4 cm³/mol. The molecule has 2 aliphatic rings. The Morgan fingerprint density at radius 2 is 1.96 bits per heavy atom. The number of rotatable bonds is 4. The lowest BCUT2D eigenvalue weighted by molar-refractivity contribution is -0.142. The highest BCUT2D eigenvalue weighted by atomic mass is 16.3. The van der Waals surface area contributed by atoms with E-state index in [4.69, 9.17) is 0 Å². The number of aryl methyl sites for hydroxylation is 1. The fourth-order valence-electron chi connectivity index (χ4n) is 3.91. The number of carbonyl (C=O) groups is 1. The van der Waals surface area contributed by atoms with Gasteiger partial charge in [-0.05, 0) is 32.3 Å². The molecule has 1 aromatic carbocycles. The zero-order valence-corrected chi connectivity index (χ0v) is 14.3. The normalized spacial score (nSPS) is 22.5. The number of piperazine rings is 1. The Morgan fingerprint density at radius 1 is 1.26 bits per heavy atom.